The number of hydrogen-bond donors (Lipinski definition) is 0. The Hall–Kier alpha value is -3.34. The van der Waals surface area contributed by atoms with Gasteiger partial charge in [-0.05, 0) is 106 Å². The molecular weight excluding hydrogens is 633 g/mol. The lowest BCUT2D eigenvalue weighted by molar-refractivity contribution is 0.0448. The van der Waals surface area contributed by atoms with E-state index in [1.165, 1.54) is 46.2 Å². The molecule has 4 aromatic rings. The fourth-order valence-electron chi connectivity index (χ4n) is 8.08. The lowest BCUT2D eigenvalue weighted by Crippen LogP contribution is -2.53. The van der Waals surface area contributed by atoms with Crippen LogP contribution in [-0.4, -0.2) is 45.9 Å². The number of rotatable bonds is 8. The molecule has 1 aliphatic carbocycles. The standard InChI is InChI=1S/C48H68N4/c1-45(2,3)35-27-33(28-36(31-35)46(4,5)6)43(39-21-17-19-25-49-39)51(13)41-23-15-16-24-42(41)52(14)44(40-22-18-20-26-50-40)34-29-37(47(7,8)9)32-38(30-34)48(10,11)12/h17-22,25-32,41-44H,15-16,23-24H2,1-14H3/t41-,42-,43-,44-/m1/s1. The van der Waals surface area contributed by atoms with Gasteiger partial charge in [-0.2, -0.15) is 0 Å². The van der Waals surface area contributed by atoms with Gasteiger partial charge in [-0.3, -0.25) is 19.8 Å². The summed E-state index contributed by atoms with van der Waals surface area (Å²) < 4.78 is 0. The third-order valence-corrected chi connectivity index (χ3v) is 11.5. The topological polar surface area (TPSA) is 32.3 Å². The number of hydrogen-bond acceptors (Lipinski definition) is 4. The Morgan fingerprint density at radius 3 is 1.04 bits per heavy atom. The largest absolute Gasteiger partial charge is 0.290 e. The fourth-order valence-corrected chi connectivity index (χ4v) is 8.08. The van der Waals surface area contributed by atoms with Crippen LogP contribution in [0, 0.1) is 0 Å². The quantitative estimate of drug-likeness (QED) is 0.183. The highest BCUT2D eigenvalue weighted by Gasteiger charge is 2.40. The first-order valence-corrected chi connectivity index (χ1v) is 19.7. The van der Waals surface area contributed by atoms with Crippen molar-refractivity contribution in [2.75, 3.05) is 14.1 Å². The van der Waals surface area contributed by atoms with Crippen LogP contribution in [0.15, 0.2) is 85.2 Å². The Morgan fingerprint density at radius 1 is 0.481 bits per heavy atom. The highest BCUT2D eigenvalue weighted by atomic mass is 15.3. The number of likely N-dealkylation sites (N-methyl/N-ethyl adjacent to an activating group) is 2. The molecule has 1 fully saturated rings. The summed E-state index contributed by atoms with van der Waals surface area (Å²) in [6, 6.07) is 28.3. The summed E-state index contributed by atoms with van der Waals surface area (Å²) in [5.74, 6) is 0. The maximum absolute atomic E-state index is 5.06. The van der Waals surface area contributed by atoms with E-state index in [1.54, 1.807) is 0 Å². The molecule has 4 heteroatoms. The van der Waals surface area contributed by atoms with E-state index in [-0.39, 0.29) is 33.7 Å². The summed E-state index contributed by atoms with van der Waals surface area (Å²) in [6.07, 6.45) is 8.67. The molecule has 52 heavy (non-hydrogen) atoms. The Labute approximate surface area is 317 Å². The van der Waals surface area contributed by atoms with Crippen molar-refractivity contribution < 1.29 is 0 Å². The average Bonchev–Trinajstić information content (AvgIpc) is 3.07. The number of benzene rings is 2. The van der Waals surface area contributed by atoms with E-state index in [1.807, 2.05) is 24.5 Å². The Morgan fingerprint density at radius 2 is 0.788 bits per heavy atom. The molecule has 2 heterocycles. The zero-order valence-corrected chi connectivity index (χ0v) is 35.0. The summed E-state index contributed by atoms with van der Waals surface area (Å²) in [5.41, 5.74) is 10.5. The first-order valence-electron chi connectivity index (χ1n) is 19.7. The van der Waals surface area contributed by atoms with Gasteiger partial charge in [-0.1, -0.05) is 144 Å². The predicted molar refractivity (Wildman–Crippen MR) is 221 cm³/mol. The van der Waals surface area contributed by atoms with Crippen LogP contribution < -0.4 is 0 Å². The van der Waals surface area contributed by atoms with Crippen LogP contribution in [0.3, 0.4) is 0 Å². The van der Waals surface area contributed by atoms with Gasteiger partial charge in [0.15, 0.2) is 0 Å². The summed E-state index contributed by atoms with van der Waals surface area (Å²) in [6.45, 7) is 28.0. The fraction of sp³-hybridized carbons (Fsp3) is 0.542. The van der Waals surface area contributed by atoms with Gasteiger partial charge in [0.05, 0.1) is 23.5 Å². The lowest BCUT2D eigenvalue weighted by Gasteiger charge is -2.47. The van der Waals surface area contributed by atoms with Crippen molar-refractivity contribution in [1.29, 1.82) is 0 Å². The normalized spacial score (nSPS) is 18.8. The van der Waals surface area contributed by atoms with E-state index in [2.05, 4.69) is 168 Å². The van der Waals surface area contributed by atoms with Crippen LogP contribution in [0.1, 0.15) is 166 Å². The molecule has 0 radical (unpaired) electrons. The summed E-state index contributed by atoms with van der Waals surface area (Å²) in [5, 5.41) is 0. The molecule has 1 saturated carbocycles. The van der Waals surface area contributed by atoms with E-state index in [0.717, 1.165) is 24.2 Å². The van der Waals surface area contributed by atoms with Crippen LogP contribution in [0.5, 0.6) is 0 Å². The lowest BCUT2D eigenvalue weighted by atomic mass is 9.77. The van der Waals surface area contributed by atoms with Crippen molar-refractivity contribution >= 4 is 0 Å². The molecule has 0 saturated heterocycles. The second-order valence-corrected chi connectivity index (χ2v) is 19.8. The molecule has 4 nitrogen and oxygen atoms in total. The Bertz CT molecular complexity index is 1570. The minimum atomic E-state index is 0.0219. The van der Waals surface area contributed by atoms with Crippen molar-refractivity contribution in [1.82, 2.24) is 19.8 Å². The molecule has 1 aliphatic rings. The van der Waals surface area contributed by atoms with Gasteiger partial charge < -0.3 is 0 Å². The van der Waals surface area contributed by atoms with Crippen LogP contribution in [0.25, 0.3) is 0 Å². The van der Waals surface area contributed by atoms with Crippen LogP contribution >= 0.6 is 0 Å². The van der Waals surface area contributed by atoms with Crippen molar-refractivity contribution in [2.24, 2.45) is 0 Å². The van der Waals surface area contributed by atoms with E-state index >= 15 is 0 Å². The monoisotopic (exact) mass is 701 g/mol. The molecule has 4 atom stereocenters. The smallest absolute Gasteiger partial charge is 0.0777 e. The minimum Gasteiger partial charge on any atom is -0.290 e. The van der Waals surface area contributed by atoms with Crippen molar-refractivity contribution in [3.05, 3.63) is 130 Å². The van der Waals surface area contributed by atoms with Crippen LogP contribution in [0.4, 0.5) is 0 Å². The molecule has 0 spiro atoms. The van der Waals surface area contributed by atoms with Gasteiger partial charge in [0.1, 0.15) is 0 Å². The van der Waals surface area contributed by atoms with Gasteiger partial charge in [-0.25, -0.2) is 0 Å². The summed E-state index contributed by atoms with van der Waals surface area (Å²) in [7, 11) is 4.73. The minimum absolute atomic E-state index is 0.0219. The Balaban J connectivity index is 1.66. The number of nitrogens with zero attached hydrogens (tertiary/aromatic N) is 4. The zero-order chi connectivity index (χ0) is 38.2. The van der Waals surface area contributed by atoms with E-state index in [9.17, 15) is 0 Å². The number of pyridine rings is 2. The second-order valence-electron chi connectivity index (χ2n) is 19.8. The SMILES string of the molecule is CN([C@H](c1cc(C(C)(C)C)cc(C(C)(C)C)c1)c1ccccn1)[C@@H]1CCCC[C@H]1N(C)[C@H](c1cc(C(C)(C)C)cc(C(C)(C)C)c1)c1ccccn1. The first kappa shape index (κ1) is 39.9. The molecular formula is C48H68N4. The summed E-state index contributed by atoms with van der Waals surface area (Å²) in [4.78, 5) is 15.5. The maximum Gasteiger partial charge on any atom is 0.0777 e. The molecule has 2 aromatic carbocycles. The van der Waals surface area contributed by atoms with Crippen molar-refractivity contribution in [3.8, 4) is 0 Å². The molecule has 0 amide bonds. The van der Waals surface area contributed by atoms with Crippen molar-refractivity contribution in [3.63, 3.8) is 0 Å². The predicted octanol–water partition coefficient (Wildman–Crippen LogP) is 11.7. The number of aromatic nitrogens is 2. The first-order chi connectivity index (χ1) is 24.2. The second kappa shape index (κ2) is 15.2. The molecule has 0 unspecified atom stereocenters. The Kier molecular flexibility index (Phi) is 11.6. The summed E-state index contributed by atoms with van der Waals surface area (Å²) >= 11 is 0. The van der Waals surface area contributed by atoms with Gasteiger partial charge in [0.2, 0.25) is 0 Å². The highest BCUT2D eigenvalue weighted by molar-refractivity contribution is 5.43. The molecule has 0 aliphatic heterocycles. The molecule has 0 bridgehead atoms. The van der Waals surface area contributed by atoms with Crippen molar-refractivity contribution in [2.45, 2.75) is 155 Å². The van der Waals surface area contributed by atoms with Crippen LogP contribution in [0.2, 0.25) is 0 Å². The molecule has 5 rings (SSSR count). The van der Waals surface area contributed by atoms with Gasteiger partial charge in [0, 0.05) is 24.5 Å². The maximum atomic E-state index is 5.06. The third kappa shape index (κ3) is 9.05. The van der Waals surface area contributed by atoms with Crippen LogP contribution in [-0.2, 0) is 21.7 Å². The molecule has 2 aromatic heterocycles. The van der Waals surface area contributed by atoms with Gasteiger partial charge in [0.25, 0.3) is 0 Å². The van der Waals surface area contributed by atoms with E-state index < -0.39 is 0 Å². The average molecular weight is 701 g/mol. The van der Waals surface area contributed by atoms with E-state index in [4.69, 9.17) is 9.97 Å². The third-order valence-electron chi connectivity index (χ3n) is 11.5. The molecule has 0 N–H and O–H groups in total. The molecule has 280 valence electrons. The zero-order valence-electron chi connectivity index (χ0n) is 35.0. The van der Waals surface area contributed by atoms with Gasteiger partial charge in [-0.15, -0.1) is 0 Å². The highest BCUT2D eigenvalue weighted by Crippen LogP contribution is 2.42. The van der Waals surface area contributed by atoms with E-state index in [0.29, 0.717) is 12.1 Å². The van der Waals surface area contributed by atoms with Gasteiger partial charge >= 0.3 is 0 Å².